The van der Waals surface area contributed by atoms with Gasteiger partial charge in [-0.1, -0.05) is 11.6 Å². The van der Waals surface area contributed by atoms with Crippen molar-refractivity contribution < 1.29 is 9.50 Å². The van der Waals surface area contributed by atoms with Crippen molar-refractivity contribution in [2.45, 2.75) is 6.92 Å². The van der Waals surface area contributed by atoms with Crippen LogP contribution in [0.5, 0.6) is 5.88 Å². The number of halogens is 2. The van der Waals surface area contributed by atoms with Crippen LogP contribution in [0.25, 0.3) is 11.3 Å². The molecule has 0 spiro atoms. The molecule has 0 aromatic carbocycles. The standard InChI is InChI=1S/C10H9ClFN3O/c1-5-4-13-15(2)9(5)6-3-7(16)14-10(11)8(6)12/h3-4H,1-2H3,(H,14,16). The average Bonchev–Trinajstić information content (AvgIpc) is 2.53. The first-order chi connectivity index (χ1) is 7.50. The molecule has 0 saturated heterocycles. The highest BCUT2D eigenvalue weighted by atomic mass is 35.5. The highest BCUT2D eigenvalue weighted by Gasteiger charge is 2.17. The summed E-state index contributed by atoms with van der Waals surface area (Å²) in [5.74, 6) is -0.979. The lowest BCUT2D eigenvalue weighted by molar-refractivity contribution is 0.450. The molecule has 0 unspecified atom stereocenters. The van der Waals surface area contributed by atoms with Crippen LogP contribution in [0.1, 0.15) is 5.56 Å². The molecule has 2 aromatic heterocycles. The van der Waals surface area contributed by atoms with Gasteiger partial charge < -0.3 is 5.11 Å². The maximum atomic E-state index is 13.8. The minimum atomic E-state index is -0.661. The third-order valence-electron chi connectivity index (χ3n) is 2.28. The zero-order valence-corrected chi connectivity index (χ0v) is 9.46. The van der Waals surface area contributed by atoms with Gasteiger partial charge in [0, 0.05) is 18.7 Å². The molecule has 0 aliphatic carbocycles. The Balaban J connectivity index is 2.74. The Labute approximate surface area is 96.3 Å². The Kier molecular flexibility index (Phi) is 2.55. The van der Waals surface area contributed by atoms with E-state index < -0.39 is 5.82 Å². The van der Waals surface area contributed by atoms with Crippen molar-refractivity contribution >= 4 is 11.6 Å². The van der Waals surface area contributed by atoms with Gasteiger partial charge in [-0.15, -0.1) is 0 Å². The molecule has 6 heteroatoms. The lowest BCUT2D eigenvalue weighted by Gasteiger charge is -2.06. The smallest absolute Gasteiger partial charge is 0.213 e. The van der Waals surface area contributed by atoms with Gasteiger partial charge in [0.25, 0.3) is 0 Å². The predicted octanol–water partition coefficient (Wildman–Crippen LogP) is 2.29. The molecule has 0 amide bonds. The van der Waals surface area contributed by atoms with E-state index >= 15 is 0 Å². The molecule has 2 aromatic rings. The molecule has 1 N–H and O–H groups in total. The monoisotopic (exact) mass is 241 g/mol. The van der Waals surface area contributed by atoms with Crippen molar-refractivity contribution in [2.75, 3.05) is 0 Å². The van der Waals surface area contributed by atoms with Crippen molar-refractivity contribution in [1.82, 2.24) is 14.8 Å². The summed E-state index contributed by atoms with van der Waals surface area (Å²) < 4.78 is 15.3. The molecule has 2 rings (SSSR count). The molecule has 2 heterocycles. The minimum Gasteiger partial charge on any atom is -0.493 e. The topological polar surface area (TPSA) is 50.9 Å². The molecule has 0 fully saturated rings. The number of pyridine rings is 1. The summed E-state index contributed by atoms with van der Waals surface area (Å²) in [6.45, 7) is 1.80. The fraction of sp³-hybridized carbons (Fsp3) is 0.200. The van der Waals surface area contributed by atoms with Crippen LogP contribution in [0.15, 0.2) is 12.3 Å². The van der Waals surface area contributed by atoms with Crippen molar-refractivity contribution in [3.05, 3.63) is 28.8 Å². The van der Waals surface area contributed by atoms with Crippen LogP contribution in [0.4, 0.5) is 4.39 Å². The number of aromatic nitrogens is 3. The Hall–Kier alpha value is -1.62. The van der Waals surface area contributed by atoms with Crippen molar-refractivity contribution in [3.8, 4) is 17.1 Å². The number of hydrogen-bond donors (Lipinski definition) is 1. The van der Waals surface area contributed by atoms with Crippen LogP contribution >= 0.6 is 11.6 Å². The normalized spacial score (nSPS) is 10.8. The quantitative estimate of drug-likeness (QED) is 0.780. The predicted molar refractivity (Wildman–Crippen MR) is 57.8 cm³/mol. The van der Waals surface area contributed by atoms with E-state index in [0.29, 0.717) is 5.69 Å². The third-order valence-corrected chi connectivity index (χ3v) is 2.53. The van der Waals surface area contributed by atoms with E-state index in [2.05, 4.69) is 10.1 Å². The van der Waals surface area contributed by atoms with Crippen LogP contribution in [0.3, 0.4) is 0 Å². The molecular weight excluding hydrogens is 233 g/mol. The Bertz CT molecular complexity index is 534. The first-order valence-corrected chi connectivity index (χ1v) is 4.92. The lowest BCUT2D eigenvalue weighted by Crippen LogP contribution is -1.98. The molecular formula is C10H9ClFN3O. The highest BCUT2D eigenvalue weighted by molar-refractivity contribution is 6.29. The molecule has 16 heavy (non-hydrogen) atoms. The van der Waals surface area contributed by atoms with Gasteiger partial charge in [-0.05, 0) is 12.5 Å². The molecule has 0 bridgehead atoms. The van der Waals surface area contributed by atoms with Crippen LogP contribution in [0.2, 0.25) is 5.15 Å². The van der Waals surface area contributed by atoms with E-state index in [-0.39, 0.29) is 16.6 Å². The van der Waals surface area contributed by atoms with Gasteiger partial charge in [0.1, 0.15) is 0 Å². The van der Waals surface area contributed by atoms with Gasteiger partial charge in [0.15, 0.2) is 11.0 Å². The number of aryl methyl sites for hydroxylation is 2. The second kappa shape index (κ2) is 3.75. The minimum absolute atomic E-state index is 0.190. The SMILES string of the molecule is Cc1cnn(C)c1-c1cc(O)nc(Cl)c1F. The summed E-state index contributed by atoms with van der Waals surface area (Å²) in [6.07, 6.45) is 1.61. The molecule has 0 aliphatic rings. The number of rotatable bonds is 1. The molecule has 0 saturated carbocycles. The van der Waals surface area contributed by atoms with Crippen molar-refractivity contribution in [1.29, 1.82) is 0 Å². The van der Waals surface area contributed by atoms with Gasteiger partial charge in [0.2, 0.25) is 5.88 Å². The Morgan fingerprint density at radius 3 is 2.75 bits per heavy atom. The largest absolute Gasteiger partial charge is 0.493 e. The first kappa shape index (κ1) is 10.9. The van der Waals surface area contributed by atoms with Crippen molar-refractivity contribution in [2.24, 2.45) is 7.05 Å². The molecule has 84 valence electrons. The van der Waals surface area contributed by atoms with Gasteiger partial charge in [-0.2, -0.15) is 10.1 Å². The van der Waals surface area contributed by atoms with Gasteiger partial charge >= 0.3 is 0 Å². The van der Waals surface area contributed by atoms with E-state index in [4.69, 9.17) is 11.6 Å². The first-order valence-electron chi connectivity index (χ1n) is 4.54. The molecule has 0 atom stereocenters. The van der Waals surface area contributed by atoms with Gasteiger partial charge in [-0.25, -0.2) is 4.39 Å². The van der Waals surface area contributed by atoms with E-state index in [1.165, 1.54) is 10.7 Å². The zero-order valence-electron chi connectivity index (χ0n) is 8.70. The summed E-state index contributed by atoms with van der Waals surface area (Å²) in [7, 11) is 1.69. The van der Waals surface area contributed by atoms with Crippen LogP contribution in [-0.2, 0) is 7.05 Å². The summed E-state index contributed by atoms with van der Waals surface area (Å²) in [5, 5.41) is 13.0. The second-order valence-corrected chi connectivity index (χ2v) is 3.79. The fourth-order valence-electron chi connectivity index (χ4n) is 1.59. The number of aromatic hydroxyl groups is 1. The van der Waals surface area contributed by atoms with Crippen LogP contribution < -0.4 is 0 Å². The fourth-order valence-corrected chi connectivity index (χ4v) is 1.78. The van der Waals surface area contributed by atoms with E-state index in [0.717, 1.165) is 5.56 Å². The maximum absolute atomic E-state index is 13.8. The van der Waals surface area contributed by atoms with E-state index in [1.807, 2.05) is 0 Å². The summed E-state index contributed by atoms with van der Waals surface area (Å²) in [6, 6.07) is 1.23. The number of hydrogen-bond acceptors (Lipinski definition) is 3. The highest BCUT2D eigenvalue weighted by Crippen LogP contribution is 2.30. The third kappa shape index (κ3) is 1.63. The number of nitrogens with zero attached hydrogens (tertiary/aromatic N) is 3. The second-order valence-electron chi connectivity index (χ2n) is 3.43. The summed E-state index contributed by atoms with van der Waals surface area (Å²) in [5.41, 5.74) is 1.55. The molecule has 0 aliphatic heterocycles. The molecule has 0 radical (unpaired) electrons. The van der Waals surface area contributed by atoms with E-state index in [1.54, 1.807) is 20.2 Å². The van der Waals surface area contributed by atoms with Gasteiger partial charge in [0.05, 0.1) is 11.9 Å². The Morgan fingerprint density at radius 2 is 2.19 bits per heavy atom. The van der Waals surface area contributed by atoms with Crippen LogP contribution in [-0.4, -0.2) is 19.9 Å². The van der Waals surface area contributed by atoms with Crippen LogP contribution in [0, 0.1) is 12.7 Å². The van der Waals surface area contributed by atoms with E-state index in [9.17, 15) is 9.50 Å². The Morgan fingerprint density at radius 1 is 1.50 bits per heavy atom. The maximum Gasteiger partial charge on any atom is 0.213 e. The summed E-state index contributed by atoms with van der Waals surface area (Å²) in [4.78, 5) is 3.42. The average molecular weight is 242 g/mol. The summed E-state index contributed by atoms with van der Waals surface area (Å²) >= 11 is 5.56. The molecule has 4 nitrogen and oxygen atoms in total. The van der Waals surface area contributed by atoms with Crippen molar-refractivity contribution in [3.63, 3.8) is 0 Å². The zero-order chi connectivity index (χ0) is 11.9. The van der Waals surface area contributed by atoms with Gasteiger partial charge in [-0.3, -0.25) is 4.68 Å². The lowest BCUT2D eigenvalue weighted by atomic mass is 10.1.